The lowest BCUT2D eigenvalue weighted by Gasteiger charge is -2.14. The predicted octanol–water partition coefficient (Wildman–Crippen LogP) is 4.39. The summed E-state index contributed by atoms with van der Waals surface area (Å²) in [4.78, 5) is 18.7. The number of hydrogen-bond donors (Lipinski definition) is 1. The minimum absolute atomic E-state index is 0.113. The fraction of sp³-hybridized carbons (Fsp3) is 0.632. The molecule has 2 aromatic heterocycles. The average molecular weight is 385 g/mol. The van der Waals surface area contributed by atoms with Crippen LogP contribution in [-0.2, 0) is 16.5 Å². The number of aromatic nitrogens is 3. The van der Waals surface area contributed by atoms with Gasteiger partial charge in [-0.05, 0) is 52.7 Å². The van der Waals surface area contributed by atoms with Crippen molar-refractivity contribution in [3.8, 4) is 0 Å². The molecule has 1 N–H and O–H groups in total. The number of hydrogen-bond acceptors (Lipinski definition) is 4. The van der Waals surface area contributed by atoms with Crippen LogP contribution < -0.4 is 0 Å². The Kier molecular flexibility index (Phi) is 5.71. The number of carbonyl (C=O) groups is 1. The number of aryl methyl sites for hydroxylation is 1. The number of imidazole rings is 1. The molecule has 0 bridgehead atoms. The fourth-order valence-electron chi connectivity index (χ4n) is 2.89. The predicted molar refractivity (Wildman–Crippen MR) is 96.4 cm³/mol. The standard InChI is InChI=1S/C12H12F3N3.C7H14O2/c1-7-16-8-3-4-9(12(13,14)15)17-10(8)18(7)11(2)5-6-11;1-4-6(8)5-7(2,3)9/h3-4H,5-6H2,1-2H3;9H,4-5H2,1-3H3. The van der Waals surface area contributed by atoms with Crippen LogP contribution in [0.3, 0.4) is 0 Å². The van der Waals surface area contributed by atoms with Crippen molar-refractivity contribution in [1.82, 2.24) is 14.5 Å². The number of carbonyl (C=O) groups excluding carboxylic acids is 1. The molecule has 0 unspecified atom stereocenters. The monoisotopic (exact) mass is 385 g/mol. The lowest BCUT2D eigenvalue weighted by Crippen LogP contribution is -2.22. The fourth-order valence-corrected chi connectivity index (χ4v) is 2.89. The molecular formula is C19H26F3N3O2. The summed E-state index contributed by atoms with van der Waals surface area (Å²) in [6.07, 6.45) is -1.72. The zero-order valence-corrected chi connectivity index (χ0v) is 16.3. The van der Waals surface area contributed by atoms with Crippen molar-refractivity contribution in [3.63, 3.8) is 0 Å². The number of nitrogens with zero attached hydrogens (tertiary/aromatic N) is 3. The molecule has 3 rings (SSSR count). The third-order valence-corrected chi connectivity index (χ3v) is 4.50. The van der Waals surface area contributed by atoms with Crippen molar-refractivity contribution in [2.45, 2.75) is 77.6 Å². The van der Waals surface area contributed by atoms with Crippen molar-refractivity contribution in [2.24, 2.45) is 0 Å². The number of halogens is 3. The van der Waals surface area contributed by atoms with Gasteiger partial charge in [0, 0.05) is 18.4 Å². The lowest BCUT2D eigenvalue weighted by molar-refractivity contribution is -0.141. The first-order valence-electron chi connectivity index (χ1n) is 8.95. The normalized spacial score (nSPS) is 16.0. The van der Waals surface area contributed by atoms with Crippen LogP contribution in [0.25, 0.3) is 11.2 Å². The number of Topliss-reactive ketones (excluding diaryl/α,β-unsaturated/α-hetero) is 1. The molecular weight excluding hydrogens is 359 g/mol. The average Bonchev–Trinajstić information content (AvgIpc) is 3.15. The molecule has 1 aliphatic carbocycles. The van der Waals surface area contributed by atoms with Crippen molar-refractivity contribution in [1.29, 1.82) is 0 Å². The minimum atomic E-state index is -4.42. The maximum absolute atomic E-state index is 12.7. The van der Waals surface area contributed by atoms with Gasteiger partial charge in [0.2, 0.25) is 0 Å². The molecule has 150 valence electrons. The summed E-state index contributed by atoms with van der Waals surface area (Å²) in [6.45, 7) is 8.90. The highest BCUT2D eigenvalue weighted by atomic mass is 19.4. The molecule has 2 heterocycles. The summed E-state index contributed by atoms with van der Waals surface area (Å²) in [5.41, 5.74) is -0.945. The van der Waals surface area contributed by atoms with Crippen LogP contribution in [0.5, 0.6) is 0 Å². The Morgan fingerprint density at radius 1 is 1.26 bits per heavy atom. The van der Waals surface area contributed by atoms with Gasteiger partial charge in [-0.2, -0.15) is 13.2 Å². The van der Waals surface area contributed by atoms with Crippen LogP contribution in [0, 0.1) is 6.92 Å². The van der Waals surface area contributed by atoms with E-state index in [1.165, 1.54) is 6.07 Å². The van der Waals surface area contributed by atoms with Gasteiger partial charge in [-0.1, -0.05) is 6.92 Å². The van der Waals surface area contributed by atoms with Crippen LogP contribution in [0.4, 0.5) is 13.2 Å². The number of fused-ring (bicyclic) bond motifs is 1. The van der Waals surface area contributed by atoms with Crippen LogP contribution >= 0.6 is 0 Å². The van der Waals surface area contributed by atoms with E-state index in [2.05, 4.69) is 9.97 Å². The number of rotatable bonds is 4. The second kappa shape index (κ2) is 7.22. The van der Waals surface area contributed by atoms with Crippen LogP contribution in [0.2, 0.25) is 0 Å². The number of pyridine rings is 1. The largest absolute Gasteiger partial charge is 0.433 e. The van der Waals surface area contributed by atoms with Gasteiger partial charge in [0.25, 0.3) is 0 Å². The van der Waals surface area contributed by atoms with Gasteiger partial charge in [-0.3, -0.25) is 4.79 Å². The molecule has 0 atom stereocenters. The molecule has 0 aliphatic heterocycles. The molecule has 0 saturated heterocycles. The Morgan fingerprint density at radius 2 is 1.85 bits per heavy atom. The van der Waals surface area contributed by atoms with E-state index in [9.17, 15) is 18.0 Å². The summed E-state index contributed by atoms with van der Waals surface area (Å²) in [7, 11) is 0. The lowest BCUT2D eigenvalue weighted by atomic mass is 10.0. The molecule has 5 nitrogen and oxygen atoms in total. The third-order valence-electron chi connectivity index (χ3n) is 4.50. The van der Waals surface area contributed by atoms with E-state index < -0.39 is 17.5 Å². The molecule has 27 heavy (non-hydrogen) atoms. The molecule has 1 aliphatic rings. The quantitative estimate of drug-likeness (QED) is 0.847. The SMILES string of the molecule is CCC(=O)CC(C)(C)O.Cc1nc2ccc(C(F)(F)F)nc2n1C1(C)CC1. The van der Waals surface area contributed by atoms with E-state index in [4.69, 9.17) is 5.11 Å². The first-order valence-corrected chi connectivity index (χ1v) is 8.95. The molecule has 0 aromatic carbocycles. The van der Waals surface area contributed by atoms with Gasteiger partial charge >= 0.3 is 6.18 Å². The Balaban J connectivity index is 0.000000249. The Labute approximate surface area is 156 Å². The molecule has 0 radical (unpaired) electrons. The van der Waals surface area contributed by atoms with Crippen molar-refractivity contribution in [2.75, 3.05) is 0 Å². The second-order valence-electron chi connectivity index (χ2n) is 7.91. The van der Waals surface area contributed by atoms with Crippen molar-refractivity contribution in [3.05, 3.63) is 23.7 Å². The van der Waals surface area contributed by atoms with Crippen LogP contribution in [-0.4, -0.2) is 31.0 Å². The van der Waals surface area contributed by atoms with E-state index >= 15 is 0 Å². The van der Waals surface area contributed by atoms with E-state index in [0.717, 1.165) is 24.7 Å². The summed E-state index contributed by atoms with van der Waals surface area (Å²) in [6, 6.07) is 2.37. The third kappa shape index (κ3) is 5.28. The smallest absolute Gasteiger partial charge is 0.390 e. The molecule has 0 amide bonds. The maximum Gasteiger partial charge on any atom is 0.433 e. The second-order valence-corrected chi connectivity index (χ2v) is 7.91. The summed E-state index contributed by atoms with van der Waals surface area (Å²) < 4.78 is 39.9. The van der Waals surface area contributed by atoms with Gasteiger partial charge < -0.3 is 9.67 Å². The highest BCUT2D eigenvalue weighted by Gasteiger charge is 2.42. The Hall–Kier alpha value is -1.96. The highest BCUT2D eigenvalue weighted by Crippen LogP contribution is 2.45. The zero-order valence-electron chi connectivity index (χ0n) is 16.3. The van der Waals surface area contributed by atoms with Gasteiger partial charge in [-0.15, -0.1) is 0 Å². The van der Waals surface area contributed by atoms with Crippen LogP contribution in [0.15, 0.2) is 12.1 Å². The van der Waals surface area contributed by atoms with Crippen molar-refractivity contribution < 1.29 is 23.1 Å². The number of ketones is 1. The van der Waals surface area contributed by atoms with Crippen LogP contribution in [0.1, 0.15) is 64.9 Å². The Bertz CT molecular complexity index is 831. The van der Waals surface area contributed by atoms with E-state index in [1.807, 2.05) is 11.5 Å². The molecule has 1 fully saturated rings. The van der Waals surface area contributed by atoms with Gasteiger partial charge in [0.1, 0.15) is 22.8 Å². The first kappa shape index (κ1) is 21.3. The Morgan fingerprint density at radius 3 is 2.26 bits per heavy atom. The van der Waals surface area contributed by atoms with Gasteiger partial charge in [0.15, 0.2) is 5.65 Å². The van der Waals surface area contributed by atoms with E-state index in [1.54, 1.807) is 27.7 Å². The van der Waals surface area contributed by atoms with Gasteiger partial charge in [-0.25, -0.2) is 9.97 Å². The maximum atomic E-state index is 12.7. The zero-order chi connectivity index (χ0) is 20.6. The number of aliphatic hydroxyl groups is 1. The van der Waals surface area contributed by atoms with E-state index in [-0.39, 0.29) is 17.7 Å². The summed E-state index contributed by atoms with van der Waals surface area (Å²) >= 11 is 0. The molecule has 2 aromatic rings. The molecule has 0 spiro atoms. The molecule has 8 heteroatoms. The molecule has 1 saturated carbocycles. The topological polar surface area (TPSA) is 68.0 Å². The van der Waals surface area contributed by atoms with Crippen molar-refractivity contribution >= 4 is 16.9 Å². The highest BCUT2D eigenvalue weighted by molar-refractivity contribution is 5.78. The van der Waals surface area contributed by atoms with E-state index in [0.29, 0.717) is 17.6 Å². The minimum Gasteiger partial charge on any atom is -0.390 e. The summed E-state index contributed by atoms with van der Waals surface area (Å²) in [5.74, 6) is 0.833. The van der Waals surface area contributed by atoms with Gasteiger partial charge in [0.05, 0.1) is 5.60 Å². The summed E-state index contributed by atoms with van der Waals surface area (Å²) in [5, 5.41) is 9.10. The number of alkyl halides is 3. The first-order chi connectivity index (χ1) is 12.3.